The van der Waals surface area contributed by atoms with Crippen molar-refractivity contribution in [1.82, 2.24) is 9.88 Å². The van der Waals surface area contributed by atoms with Crippen molar-refractivity contribution in [2.24, 2.45) is 5.92 Å². The number of aromatic amines is 1. The van der Waals surface area contributed by atoms with Gasteiger partial charge in [-0.3, -0.25) is 4.39 Å². The largest absolute Gasteiger partial charge is 0.392 e. The van der Waals surface area contributed by atoms with Crippen LogP contribution in [0.5, 0.6) is 0 Å². The molecule has 4 aromatic rings. The maximum atomic E-state index is 12.5. The molecule has 1 aliphatic heterocycles. The minimum Gasteiger partial charge on any atom is -0.392 e. The zero-order chi connectivity index (χ0) is 25.2. The van der Waals surface area contributed by atoms with Gasteiger partial charge in [0.05, 0.1) is 13.3 Å². The molecule has 0 atom stereocenters. The van der Waals surface area contributed by atoms with Gasteiger partial charge in [0.2, 0.25) is 0 Å². The van der Waals surface area contributed by atoms with Crippen molar-refractivity contribution < 1.29 is 9.50 Å². The fraction of sp³-hybridized carbons (Fsp3) is 0.333. The third-order valence-electron chi connectivity index (χ3n) is 8.14. The SMILES string of the molecule is OCc1cccc(C2=C(c3ccc(CC4CN(CCCF)C4)cc3)c3ccc4[nH]ccc4c3CCC2)c1. The Morgan fingerprint density at radius 1 is 0.919 bits per heavy atom. The molecule has 2 N–H and O–H groups in total. The topological polar surface area (TPSA) is 39.3 Å². The molecule has 37 heavy (non-hydrogen) atoms. The predicted octanol–water partition coefficient (Wildman–Crippen LogP) is 6.79. The first-order valence-corrected chi connectivity index (χ1v) is 13.6. The number of aromatic nitrogens is 1. The number of allylic oxidation sites excluding steroid dienone is 1. The minimum atomic E-state index is -0.219. The van der Waals surface area contributed by atoms with Crippen molar-refractivity contribution >= 4 is 22.0 Å². The van der Waals surface area contributed by atoms with Crippen LogP contribution in [0.1, 0.15) is 52.6 Å². The lowest BCUT2D eigenvalue weighted by atomic mass is 9.85. The molecule has 0 bridgehead atoms. The average molecular weight is 495 g/mol. The Hall–Kier alpha value is -3.21. The van der Waals surface area contributed by atoms with Gasteiger partial charge in [0, 0.05) is 36.7 Å². The van der Waals surface area contributed by atoms with Crippen LogP contribution in [0.3, 0.4) is 0 Å². The summed E-state index contributed by atoms with van der Waals surface area (Å²) in [6.07, 6.45) is 6.92. The van der Waals surface area contributed by atoms with E-state index in [0.29, 0.717) is 12.3 Å². The number of aliphatic hydroxyl groups is 1. The molecule has 2 heterocycles. The van der Waals surface area contributed by atoms with Gasteiger partial charge >= 0.3 is 0 Å². The fourth-order valence-corrected chi connectivity index (χ4v) is 6.32. The first-order chi connectivity index (χ1) is 18.2. The second-order valence-electron chi connectivity index (χ2n) is 10.7. The van der Waals surface area contributed by atoms with E-state index in [1.54, 1.807) is 0 Å². The van der Waals surface area contributed by atoms with Crippen LogP contribution in [-0.2, 0) is 19.4 Å². The quantitative estimate of drug-likeness (QED) is 0.283. The summed E-state index contributed by atoms with van der Waals surface area (Å²) in [6.45, 7) is 2.88. The number of rotatable bonds is 8. The molecule has 1 aromatic heterocycles. The van der Waals surface area contributed by atoms with Crippen molar-refractivity contribution in [2.45, 2.75) is 38.7 Å². The molecule has 1 aliphatic carbocycles. The number of hydrogen-bond donors (Lipinski definition) is 2. The predicted molar refractivity (Wildman–Crippen MR) is 150 cm³/mol. The number of aliphatic hydroxyl groups excluding tert-OH is 1. The molecule has 0 amide bonds. The number of halogens is 1. The van der Waals surface area contributed by atoms with Gasteiger partial charge < -0.3 is 15.0 Å². The summed E-state index contributed by atoms with van der Waals surface area (Å²) < 4.78 is 12.5. The van der Waals surface area contributed by atoms with Gasteiger partial charge in [-0.25, -0.2) is 0 Å². The number of likely N-dealkylation sites (tertiary alicyclic amines) is 1. The van der Waals surface area contributed by atoms with E-state index in [-0.39, 0.29) is 13.3 Å². The first kappa shape index (κ1) is 24.1. The molecule has 0 unspecified atom stereocenters. The molecule has 3 aromatic carbocycles. The summed E-state index contributed by atoms with van der Waals surface area (Å²) in [5.41, 5.74) is 11.4. The third kappa shape index (κ3) is 4.88. The molecular weight excluding hydrogens is 459 g/mol. The molecule has 1 saturated heterocycles. The van der Waals surface area contributed by atoms with E-state index in [0.717, 1.165) is 50.9 Å². The maximum Gasteiger partial charge on any atom is 0.0906 e. The van der Waals surface area contributed by atoms with Crippen molar-refractivity contribution in [3.63, 3.8) is 0 Å². The molecule has 2 aliphatic rings. The summed E-state index contributed by atoms with van der Waals surface area (Å²) in [7, 11) is 0. The van der Waals surface area contributed by atoms with Crippen LogP contribution < -0.4 is 0 Å². The third-order valence-corrected chi connectivity index (χ3v) is 8.14. The van der Waals surface area contributed by atoms with Crippen LogP contribution in [0.4, 0.5) is 4.39 Å². The number of nitrogens with zero attached hydrogens (tertiary/aromatic N) is 1. The number of nitrogens with one attached hydrogen (secondary N) is 1. The van der Waals surface area contributed by atoms with E-state index >= 15 is 0 Å². The van der Waals surface area contributed by atoms with Crippen LogP contribution >= 0.6 is 0 Å². The Bertz CT molecular complexity index is 1410. The van der Waals surface area contributed by atoms with E-state index in [4.69, 9.17) is 0 Å². The van der Waals surface area contributed by atoms with Crippen LogP contribution in [-0.4, -0.2) is 41.3 Å². The lowest BCUT2D eigenvalue weighted by molar-refractivity contribution is 0.0968. The van der Waals surface area contributed by atoms with Crippen molar-refractivity contribution in [1.29, 1.82) is 0 Å². The summed E-state index contributed by atoms with van der Waals surface area (Å²) in [4.78, 5) is 5.75. The highest BCUT2D eigenvalue weighted by atomic mass is 19.1. The van der Waals surface area contributed by atoms with E-state index in [1.807, 2.05) is 12.3 Å². The summed E-state index contributed by atoms with van der Waals surface area (Å²) >= 11 is 0. The number of H-pyrrole nitrogens is 1. The molecule has 0 spiro atoms. The first-order valence-electron chi connectivity index (χ1n) is 13.6. The standard InChI is InChI=1S/C33H35FN2O/c34-15-3-17-36-20-25(21-36)18-23-8-10-26(11-9-23)33-28(27-5-1-4-24(19-27)22-37)6-2-7-29-30-14-16-35-32(30)13-12-31(29)33/h1,4-5,8-14,16,19,25,35,37H,2-3,6-7,15,17-18,20-22H2. The highest BCUT2D eigenvalue weighted by Crippen LogP contribution is 2.42. The Kier molecular flexibility index (Phi) is 6.95. The van der Waals surface area contributed by atoms with Crippen LogP contribution in [0.2, 0.25) is 0 Å². The lowest BCUT2D eigenvalue weighted by Gasteiger charge is -2.39. The van der Waals surface area contributed by atoms with Crippen LogP contribution in [0, 0.1) is 5.92 Å². The van der Waals surface area contributed by atoms with E-state index in [2.05, 4.69) is 70.5 Å². The zero-order valence-electron chi connectivity index (χ0n) is 21.3. The number of benzene rings is 3. The van der Waals surface area contributed by atoms with Gasteiger partial charge in [0.1, 0.15) is 0 Å². The summed E-state index contributed by atoms with van der Waals surface area (Å²) in [6, 6.07) is 24.3. The van der Waals surface area contributed by atoms with Gasteiger partial charge in [-0.15, -0.1) is 0 Å². The normalized spacial score (nSPS) is 16.6. The fourth-order valence-electron chi connectivity index (χ4n) is 6.32. The number of fused-ring (bicyclic) bond motifs is 3. The van der Waals surface area contributed by atoms with E-state index in [1.165, 1.54) is 49.9 Å². The highest BCUT2D eigenvalue weighted by Gasteiger charge is 2.26. The summed E-state index contributed by atoms with van der Waals surface area (Å²) in [5.74, 6) is 0.668. The molecule has 3 nitrogen and oxygen atoms in total. The lowest BCUT2D eigenvalue weighted by Crippen LogP contribution is -2.47. The van der Waals surface area contributed by atoms with Gasteiger partial charge in [0.15, 0.2) is 0 Å². The van der Waals surface area contributed by atoms with Crippen LogP contribution in [0.15, 0.2) is 72.9 Å². The Morgan fingerprint density at radius 3 is 2.59 bits per heavy atom. The van der Waals surface area contributed by atoms with Gasteiger partial charge in [-0.2, -0.15) is 0 Å². The number of alkyl halides is 1. The minimum absolute atomic E-state index is 0.0537. The van der Waals surface area contributed by atoms with Gasteiger partial charge in [0.25, 0.3) is 0 Å². The highest BCUT2D eigenvalue weighted by molar-refractivity contribution is 6.02. The molecule has 0 radical (unpaired) electrons. The smallest absolute Gasteiger partial charge is 0.0906 e. The maximum absolute atomic E-state index is 12.5. The molecule has 6 rings (SSSR count). The van der Waals surface area contributed by atoms with Gasteiger partial charge in [-0.05, 0) is 101 Å². The Labute approximate surface area is 218 Å². The van der Waals surface area contributed by atoms with Crippen LogP contribution in [0.25, 0.3) is 22.0 Å². The number of aryl methyl sites for hydroxylation is 1. The molecule has 1 fully saturated rings. The molecular formula is C33H35FN2O. The van der Waals surface area contributed by atoms with E-state index < -0.39 is 0 Å². The van der Waals surface area contributed by atoms with Crippen molar-refractivity contribution in [3.05, 3.63) is 106 Å². The Balaban J connectivity index is 1.37. The zero-order valence-corrected chi connectivity index (χ0v) is 21.3. The second-order valence-corrected chi connectivity index (χ2v) is 10.7. The van der Waals surface area contributed by atoms with Gasteiger partial charge in [-0.1, -0.05) is 48.5 Å². The molecule has 4 heteroatoms. The number of hydrogen-bond acceptors (Lipinski definition) is 2. The van der Waals surface area contributed by atoms with Crippen molar-refractivity contribution in [2.75, 3.05) is 26.3 Å². The molecule has 190 valence electrons. The summed E-state index contributed by atoms with van der Waals surface area (Å²) in [5, 5.41) is 11.1. The monoisotopic (exact) mass is 494 g/mol. The second kappa shape index (κ2) is 10.6. The Morgan fingerprint density at radius 2 is 1.78 bits per heavy atom. The van der Waals surface area contributed by atoms with Crippen molar-refractivity contribution in [3.8, 4) is 0 Å². The van der Waals surface area contributed by atoms with E-state index in [9.17, 15) is 9.50 Å². The molecule has 0 saturated carbocycles. The average Bonchev–Trinajstić information content (AvgIpc) is 3.31.